The van der Waals surface area contributed by atoms with E-state index < -0.39 is 29.8 Å². The summed E-state index contributed by atoms with van der Waals surface area (Å²) >= 11 is 0.930. The van der Waals surface area contributed by atoms with E-state index in [9.17, 15) is 18.8 Å². The molecular formula is C20H22FNO6S. The van der Waals surface area contributed by atoms with Crippen molar-refractivity contribution < 1.29 is 33.0 Å². The van der Waals surface area contributed by atoms with Crippen LogP contribution in [0.3, 0.4) is 0 Å². The van der Waals surface area contributed by atoms with E-state index in [2.05, 4.69) is 5.32 Å². The van der Waals surface area contributed by atoms with Crippen LogP contribution in [-0.2, 0) is 14.3 Å². The number of thiophene rings is 1. The van der Waals surface area contributed by atoms with E-state index in [0.717, 1.165) is 11.3 Å². The zero-order valence-corrected chi connectivity index (χ0v) is 17.4. The van der Waals surface area contributed by atoms with Crippen LogP contribution in [0.2, 0.25) is 0 Å². The van der Waals surface area contributed by atoms with Gasteiger partial charge < -0.3 is 19.5 Å². The number of anilines is 1. The zero-order valence-electron chi connectivity index (χ0n) is 16.5. The fraction of sp³-hybridized carbons (Fsp3) is 0.350. The molecule has 1 N–H and O–H groups in total. The van der Waals surface area contributed by atoms with E-state index in [-0.39, 0.29) is 28.7 Å². The normalized spacial score (nSPS) is 11.5. The van der Waals surface area contributed by atoms with Gasteiger partial charge in [0, 0.05) is 0 Å². The molecule has 2 aromatic rings. The molecular weight excluding hydrogens is 401 g/mol. The summed E-state index contributed by atoms with van der Waals surface area (Å²) in [6.45, 7) is 6.74. The van der Waals surface area contributed by atoms with E-state index in [1.165, 1.54) is 31.2 Å². The Kier molecular flexibility index (Phi) is 7.72. The average molecular weight is 423 g/mol. The van der Waals surface area contributed by atoms with Gasteiger partial charge in [0.2, 0.25) is 0 Å². The van der Waals surface area contributed by atoms with Crippen molar-refractivity contribution in [2.24, 2.45) is 0 Å². The van der Waals surface area contributed by atoms with Gasteiger partial charge in [0.05, 0.1) is 18.8 Å². The lowest BCUT2D eigenvalue weighted by molar-refractivity contribution is -0.122. The lowest BCUT2D eigenvalue weighted by atomic mass is 10.1. The van der Waals surface area contributed by atoms with Gasteiger partial charge in [0.1, 0.15) is 21.4 Å². The number of ether oxygens (including phenoxy) is 3. The van der Waals surface area contributed by atoms with Gasteiger partial charge in [-0.3, -0.25) is 4.79 Å². The summed E-state index contributed by atoms with van der Waals surface area (Å²) in [7, 11) is 0. The molecule has 1 heterocycles. The average Bonchev–Trinajstić information content (AvgIpc) is 3.00. The molecule has 1 amide bonds. The third kappa shape index (κ3) is 5.54. The van der Waals surface area contributed by atoms with Gasteiger partial charge in [-0.2, -0.15) is 0 Å². The van der Waals surface area contributed by atoms with Crippen molar-refractivity contribution in [3.8, 4) is 5.75 Å². The second-order valence-electron chi connectivity index (χ2n) is 5.90. The minimum absolute atomic E-state index is 0.0993. The van der Waals surface area contributed by atoms with Crippen LogP contribution in [0.1, 0.15) is 46.4 Å². The molecule has 1 aromatic heterocycles. The van der Waals surface area contributed by atoms with E-state index >= 15 is 0 Å². The molecule has 0 saturated carbocycles. The van der Waals surface area contributed by atoms with Crippen molar-refractivity contribution in [2.75, 3.05) is 18.5 Å². The Morgan fingerprint density at radius 3 is 2.24 bits per heavy atom. The number of carbonyl (C=O) groups excluding carboxylic acids is 3. The van der Waals surface area contributed by atoms with Crippen molar-refractivity contribution >= 4 is 34.2 Å². The SMILES string of the molecule is CCOC(=O)c1sc(NC(=O)C(C)Oc2ccc(F)cc2)c(C(=O)OCC)c1C. The first-order valence-corrected chi connectivity index (χ1v) is 9.80. The maximum atomic E-state index is 13.0. The lowest BCUT2D eigenvalue weighted by Gasteiger charge is -2.14. The second-order valence-corrected chi connectivity index (χ2v) is 6.93. The highest BCUT2D eigenvalue weighted by atomic mass is 32.1. The summed E-state index contributed by atoms with van der Waals surface area (Å²) in [6, 6.07) is 5.23. The number of halogens is 1. The van der Waals surface area contributed by atoms with Gasteiger partial charge in [0.15, 0.2) is 6.10 Å². The van der Waals surface area contributed by atoms with Crippen molar-refractivity contribution in [2.45, 2.75) is 33.8 Å². The summed E-state index contributed by atoms with van der Waals surface area (Å²) in [5, 5.41) is 2.78. The second kappa shape index (κ2) is 10.0. The monoisotopic (exact) mass is 423 g/mol. The molecule has 0 saturated heterocycles. The van der Waals surface area contributed by atoms with E-state index in [1.54, 1.807) is 20.8 Å². The molecule has 0 aliphatic carbocycles. The molecule has 1 unspecified atom stereocenters. The van der Waals surface area contributed by atoms with Crippen molar-refractivity contribution in [1.82, 2.24) is 0 Å². The summed E-state index contributed by atoms with van der Waals surface area (Å²) < 4.78 is 28.5. The predicted molar refractivity (Wildman–Crippen MR) is 106 cm³/mol. The Morgan fingerprint density at radius 2 is 1.66 bits per heavy atom. The number of hydrogen-bond acceptors (Lipinski definition) is 7. The first-order chi connectivity index (χ1) is 13.8. The van der Waals surface area contributed by atoms with Gasteiger partial charge in [-0.25, -0.2) is 14.0 Å². The summed E-state index contributed by atoms with van der Waals surface area (Å²) in [5.74, 6) is -1.89. The van der Waals surface area contributed by atoms with Crippen LogP contribution < -0.4 is 10.1 Å². The topological polar surface area (TPSA) is 90.9 Å². The molecule has 1 aromatic carbocycles. The van der Waals surface area contributed by atoms with Crippen molar-refractivity contribution in [1.29, 1.82) is 0 Å². The van der Waals surface area contributed by atoms with E-state index in [4.69, 9.17) is 14.2 Å². The zero-order chi connectivity index (χ0) is 21.6. The molecule has 9 heteroatoms. The fourth-order valence-electron chi connectivity index (χ4n) is 2.43. The number of hydrogen-bond donors (Lipinski definition) is 1. The largest absolute Gasteiger partial charge is 0.481 e. The minimum Gasteiger partial charge on any atom is -0.481 e. The molecule has 0 fully saturated rings. The Morgan fingerprint density at radius 1 is 1.07 bits per heavy atom. The Hall–Kier alpha value is -2.94. The Bertz CT molecular complexity index is 893. The van der Waals surface area contributed by atoms with Crippen LogP contribution in [0.4, 0.5) is 9.39 Å². The highest BCUT2D eigenvalue weighted by Crippen LogP contribution is 2.34. The molecule has 1 atom stereocenters. The molecule has 0 spiro atoms. The predicted octanol–water partition coefficient (Wildman–Crippen LogP) is 3.96. The molecule has 7 nitrogen and oxygen atoms in total. The van der Waals surface area contributed by atoms with Crippen LogP contribution in [-0.4, -0.2) is 37.2 Å². The van der Waals surface area contributed by atoms with E-state index in [0.29, 0.717) is 11.3 Å². The molecule has 0 aliphatic heterocycles. The summed E-state index contributed by atoms with van der Waals surface area (Å²) in [6.07, 6.45) is -0.941. The van der Waals surface area contributed by atoms with E-state index in [1.807, 2.05) is 0 Å². The molecule has 29 heavy (non-hydrogen) atoms. The van der Waals surface area contributed by atoms with Gasteiger partial charge >= 0.3 is 11.9 Å². The van der Waals surface area contributed by atoms with Crippen LogP contribution in [0.25, 0.3) is 0 Å². The first kappa shape index (κ1) is 22.4. The Balaban J connectivity index is 2.25. The summed E-state index contributed by atoms with van der Waals surface area (Å²) in [5.41, 5.74) is 0.469. The molecule has 2 rings (SSSR count). The van der Waals surface area contributed by atoms with Gasteiger partial charge in [-0.05, 0) is 57.5 Å². The third-order valence-corrected chi connectivity index (χ3v) is 5.01. The number of rotatable bonds is 8. The number of benzene rings is 1. The first-order valence-electron chi connectivity index (χ1n) is 8.99. The molecule has 0 aliphatic rings. The minimum atomic E-state index is -0.941. The smallest absolute Gasteiger partial charge is 0.348 e. The number of esters is 2. The van der Waals surface area contributed by atoms with Crippen molar-refractivity contribution in [3.05, 3.63) is 46.1 Å². The highest BCUT2D eigenvalue weighted by molar-refractivity contribution is 7.18. The molecule has 0 radical (unpaired) electrons. The number of nitrogens with one attached hydrogen (secondary N) is 1. The maximum Gasteiger partial charge on any atom is 0.348 e. The van der Waals surface area contributed by atoms with Crippen LogP contribution in [0.5, 0.6) is 5.75 Å². The van der Waals surface area contributed by atoms with Crippen LogP contribution >= 0.6 is 11.3 Å². The van der Waals surface area contributed by atoms with Crippen molar-refractivity contribution in [3.63, 3.8) is 0 Å². The fourth-order valence-corrected chi connectivity index (χ4v) is 3.52. The maximum absolute atomic E-state index is 13.0. The number of carbonyl (C=O) groups is 3. The lowest BCUT2D eigenvalue weighted by Crippen LogP contribution is -2.30. The molecule has 0 bridgehead atoms. The third-order valence-electron chi connectivity index (χ3n) is 3.82. The van der Waals surface area contributed by atoms with Gasteiger partial charge in [0.25, 0.3) is 5.91 Å². The highest BCUT2D eigenvalue weighted by Gasteiger charge is 2.28. The van der Waals surface area contributed by atoms with Crippen LogP contribution in [0.15, 0.2) is 24.3 Å². The van der Waals surface area contributed by atoms with Gasteiger partial charge in [-0.15, -0.1) is 11.3 Å². The number of amides is 1. The van der Waals surface area contributed by atoms with Gasteiger partial charge in [-0.1, -0.05) is 0 Å². The standard InChI is InChI=1S/C20H22FNO6S/c1-5-26-19(24)15-11(3)16(20(25)27-6-2)29-18(15)22-17(23)12(4)28-14-9-7-13(21)8-10-14/h7-10,12H,5-6H2,1-4H3,(H,22,23). The van der Waals surface area contributed by atoms with Crippen LogP contribution in [0, 0.1) is 12.7 Å². The Labute approximate surface area is 171 Å². The summed E-state index contributed by atoms with van der Waals surface area (Å²) in [4.78, 5) is 37.3. The quantitative estimate of drug-likeness (QED) is 0.647. The molecule has 156 valence electrons.